The van der Waals surface area contributed by atoms with E-state index >= 15 is 0 Å². The number of carbonyl (C=O) groups is 1. The van der Waals surface area contributed by atoms with Crippen molar-refractivity contribution in [2.24, 2.45) is 5.92 Å². The first kappa shape index (κ1) is 11.5. The molecule has 0 amide bonds. The second-order valence-electron chi connectivity index (χ2n) is 3.96. The molecule has 0 fully saturated rings. The van der Waals surface area contributed by atoms with Crippen LogP contribution in [0.5, 0.6) is 0 Å². The van der Waals surface area contributed by atoms with E-state index in [1.54, 1.807) is 12.1 Å². The number of carbonyl (C=O) groups excluding carboxylic acids is 1. The van der Waals surface area contributed by atoms with E-state index < -0.39 is 0 Å². The third-order valence-corrected chi connectivity index (χ3v) is 1.98. The maximum absolute atomic E-state index is 11.4. The van der Waals surface area contributed by atoms with Crippen molar-refractivity contribution in [3.63, 3.8) is 0 Å². The highest BCUT2D eigenvalue weighted by Crippen LogP contribution is 2.11. The van der Waals surface area contributed by atoms with Crippen molar-refractivity contribution in [1.82, 2.24) is 0 Å². The van der Waals surface area contributed by atoms with Crippen LogP contribution in [-0.4, -0.2) is 10.9 Å². The van der Waals surface area contributed by atoms with Crippen LogP contribution in [0.2, 0.25) is 0 Å². The minimum Gasteiger partial charge on any atom is -0.507 e. The average molecular weight is 204 g/mol. The number of rotatable bonds is 4. The molecule has 1 aromatic rings. The van der Waals surface area contributed by atoms with Crippen molar-refractivity contribution >= 4 is 11.5 Å². The molecule has 0 saturated carbocycles. The number of ketones is 1. The Kier molecular flexibility index (Phi) is 4.10. The van der Waals surface area contributed by atoms with Gasteiger partial charge in [0.1, 0.15) is 5.76 Å². The molecule has 0 saturated heterocycles. The fourth-order valence-electron chi connectivity index (χ4n) is 1.31. The summed E-state index contributed by atoms with van der Waals surface area (Å²) in [4.78, 5) is 11.4. The van der Waals surface area contributed by atoms with Crippen molar-refractivity contribution < 1.29 is 9.90 Å². The van der Waals surface area contributed by atoms with Crippen LogP contribution < -0.4 is 0 Å². The lowest BCUT2D eigenvalue weighted by Crippen LogP contribution is -2.00. The third kappa shape index (κ3) is 3.98. The minimum absolute atomic E-state index is 0.0358. The Hall–Kier alpha value is -1.57. The largest absolute Gasteiger partial charge is 0.507 e. The van der Waals surface area contributed by atoms with Crippen molar-refractivity contribution in [2.75, 3.05) is 0 Å². The van der Waals surface area contributed by atoms with Gasteiger partial charge in [-0.25, -0.2) is 0 Å². The molecule has 1 aromatic carbocycles. The summed E-state index contributed by atoms with van der Waals surface area (Å²) in [6.45, 7) is 3.95. The topological polar surface area (TPSA) is 37.3 Å². The molecule has 2 heteroatoms. The van der Waals surface area contributed by atoms with Crippen LogP contribution >= 0.6 is 0 Å². The highest BCUT2D eigenvalue weighted by atomic mass is 16.3. The first-order valence-electron chi connectivity index (χ1n) is 5.08. The number of hydrogen-bond acceptors (Lipinski definition) is 2. The number of aliphatic hydroxyl groups is 1. The molecule has 0 aromatic heterocycles. The standard InChI is InChI=1S/C13H16O2/c1-10(2)8-12(14)9-13(15)11-6-4-3-5-7-11/h3-7,9-10,15H,8H2,1-2H3. The van der Waals surface area contributed by atoms with Crippen molar-refractivity contribution in [3.05, 3.63) is 42.0 Å². The van der Waals surface area contributed by atoms with Crippen LogP contribution in [-0.2, 0) is 4.79 Å². The summed E-state index contributed by atoms with van der Waals surface area (Å²) >= 11 is 0. The molecule has 0 aliphatic carbocycles. The lowest BCUT2D eigenvalue weighted by Gasteiger charge is -2.01. The highest BCUT2D eigenvalue weighted by molar-refractivity contribution is 5.95. The lowest BCUT2D eigenvalue weighted by molar-refractivity contribution is -0.115. The Morgan fingerprint density at radius 1 is 1.33 bits per heavy atom. The second-order valence-corrected chi connectivity index (χ2v) is 3.96. The molecular weight excluding hydrogens is 188 g/mol. The third-order valence-electron chi connectivity index (χ3n) is 1.98. The molecule has 2 nitrogen and oxygen atoms in total. The summed E-state index contributed by atoms with van der Waals surface area (Å²) in [6.07, 6.45) is 1.77. The van der Waals surface area contributed by atoms with Crippen molar-refractivity contribution in [3.8, 4) is 0 Å². The van der Waals surface area contributed by atoms with Gasteiger partial charge in [0.2, 0.25) is 0 Å². The van der Waals surface area contributed by atoms with Gasteiger partial charge >= 0.3 is 0 Å². The van der Waals surface area contributed by atoms with Crippen molar-refractivity contribution in [2.45, 2.75) is 20.3 Å². The van der Waals surface area contributed by atoms with Gasteiger partial charge in [-0.15, -0.1) is 0 Å². The summed E-state index contributed by atoms with van der Waals surface area (Å²) in [5.41, 5.74) is 0.676. The molecular formula is C13H16O2. The monoisotopic (exact) mass is 204 g/mol. The molecule has 1 N–H and O–H groups in total. The van der Waals surface area contributed by atoms with Crippen LogP contribution in [0.25, 0.3) is 5.76 Å². The van der Waals surface area contributed by atoms with Gasteiger partial charge in [-0.05, 0) is 5.92 Å². The number of hydrogen-bond donors (Lipinski definition) is 1. The van der Waals surface area contributed by atoms with E-state index in [0.29, 0.717) is 17.9 Å². The predicted octanol–water partition coefficient (Wildman–Crippen LogP) is 3.20. The predicted molar refractivity (Wildman–Crippen MR) is 61.5 cm³/mol. The first-order chi connectivity index (χ1) is 7.09. The zero-order valence-corrected chi connectivity index (χ0v) is 9.10. The van der Waals surface area contributed by atoms with Gasteiger partial charge in [0.05, 0.1) is 0 Å². The molecule has 0 atom stereocenters. The zero-order chi connectivity index (χ0) is 11.3. The molecule has 0 spiro atoms. The van der Waals surface area contributed by atoms with Gasteiger partial charge in [0.25, 0.3) is 0 Å². The van der Waals surface area contributed by atoms with Gasteiger partial charge in [-0.1, -0.05) is 44.2 Å². The number of aliphatic hydroxyl groups excluding tert-OH is 1. The van der Waals surface area contributed by atoms with E-state index in [1.165, 1.54) is 6.08 Å². The second kappa shape index (κ2) is 5.35. The van der Waals surface area contributed by atoms with Crippen LogP contribution in [0, 0.1) is 5.92 Å². The normalized spacial score (nSPS) is 11.8. The smallest absolute Gasteiger partial charge is 0.159 e. The quantitative estimate of drug-likeness (QED) is 0.604. The van der Waals surface area contributed by atoms with E-state index in [4.69, 9.17) is 0 Å². The van der Waals surface area contributed by atoms with Gasteiger partial charge in [0, 0.05) is 18.1 Å². The van der Waals surface area contributed by atoms with E-state index in [9.17, 15) is 9.90 Å². The average Bonchev–Trinajstić information content (AvgIpc) is 2.17. The van der Waals surface area contributed by atoms with Crippen LogP contribution in [0.3, 0.4) is 0 Å². The number of allylic oxidation sites excluding steroid dienone is 1. The highest BCUT2D eigenvalue weighted by Gasteiger charge is 2.04. The molecule has 0 aliphatic rings. The van der Waals surface area contributed by atoms with Gasteiger partial charge in [-0.3, -0.25) is 4.79 Å². The zero-order valence-electron chi connectivity index (χ0n) is 9.10. The molecule has 0 unspecified atom stereocenters. The van der Waals surface area contributed by atoms with Gasteiger partial charge in [-0.2, -0.15) is 0 Å². The molecule has 80 valence electrons. The fourth-order valence-corrected chi connectivity index (χ4v) is 1.31. The minimum atomic E-state index is -0.0358. The first-order valence-corrected chi connectivity index (χ1v) is 5.08. The van der Waals surface area contributed by atoms with Crippen LogP contribution in [0.4, 0.5) is 0 Å². The van der Waals surface area contributed by atoms with Gasteiger partial charge < -0.3 is 5.11 Å². The van der Waals surface area contributed by atoms with E-state index in [0.717, 1.165) is 0 Å². The van der Waals surface area contributed by atoms with Crippen molar-refractivity contribution in [1.29, 1.82) is 0 Å². The Labute approximate surface area is 90.3 Å². The lowest BCUT2D eigenvalue weighted by atomic mass is 10.1. The molecule has 0 heterocycles. The molecule has 0 radical (unpaired) electrons. The summed E-state index contributed by atoms with van der Waals surface area (Å²) in [5, 5.41) is 9.64. The summed E-state index contributed by atoms with van der Waals surface area (Å²) in [7, 11) is 0. The van der Waals surface area contributed by atoms with Crippen LogP contribution in [0.15, 0.2) is 36.4 Å². The maximum Gasteiger partial charge on any atom is 0.159 e. The Balaban J connectivity index is 2.72. The summed E-state index contributed by atoms with van der Waals surface area (Å²) in [5.74, 6) is 0.324. The summed E-state index contributed by atoms with van der Waals surface area (Å²) in [6, 6.07) is 9.06. The number of benzene rings is 1. The van der Waals surface area contributed by atoms with Crippen LogP contribution in [0.1, 0.15) is 25.8 Å². The Morgan fingerprint density at radius 3 is 2.47 bits per heavy atom. The SMILES string of the molecule is CC(C)CC(=O)C=C(O)c1ccccc1. The maximum atomic E-state index is 11.4. The molecule has 0 aliphatic heterocycles. The van der Waals surface area contributed by atoms with E-state index in [-0.39, 0.29) is 11.5 Å². The summed E-state index contributed by atoms with van der Waals surface area (Å²) < 4.78 is 0. The molecule has 1 rings (SSSR count). The van der Waals surface area contributed by atoms with E-state index in [1.807, 2.05) is 32.0 Å². The Morgan fingerprint density at radius 2 is 1.93 bits per heavy atom. The van der Waals surface area contributed by atoms with E-state index in [2.05, 4.69) is 0 Å². The van der Waals surface area contributed by atoms with Gasteiger partial charge in [0.15, 0.2) is 5.78 Å². The Bertz CT molecular complexity index is 350. The molecule has 0 bridgehead atoms. The fraction of sp³-hybridized carbons (Fsp3) is 0.308. The molecule has 15 heavy (non-hydrogen) atoms.